The second-order valence-corrected chi connectivity index (χ2v) is 5.23. The van der Waals surface area contributed by atoms with Crippen molar-refractivity contribution in [3.63, 3.8) is 0 Å². The summed E-state index contributed by atoms with van der Waals surface area (Å²) in [6, 6.07) is 11.8. The molecule has 23 heavy (non-hydrogen) atoms. The number of carbonyl (C=O) groups excluding carboxylic acids is 1. The number of nitro groups is 1. The third-order valence-corrected chi connectivity index (χ3v) is 3.66. The number of benzene rings is 2. The van der Waals surface area contributed by atoms with Crippen molar-refractivity contribution in [2.75, 3.05) is 5.01 Å². The molecule has 0 saturated carbocycles. The molecule has 0 unspecified atom stereocenters. The van der Waals surface area contributed by atoms with Gasteiger partial charge < -0.3 is 4.98 Å². The molecule has 0 atom stereocenters. The van der Waals surface area contributed by atoms with Crippen LogP contribution >= 0.6 is 0 Å². The van der Waals surface area contributed by atoms with Crippen molar-refractivity contribution in [1.82, 2.24) is 9.97 Å². The highest BCUT2D eigenvalue weighted by atomic mass is 16.7. The number of fused-ring (bicyclic) bond motifs is 1. The van der Waals surface area contributed by atoms with Crippen LogP contribution in [0.2, 0.25) is 0 Å². The lowest BCUT2D eigenvalue weighted by Crippen LogP contribution is -2.37. The summed E-state index contributed by atoms with van der Waals surface area (Å²) in [6.07, 6.45) is 0. The van der Waals surface area contributed by atoms with Crippen LogP contribution in [0.3, 0.4) is 0 Å². The number of H-pyrrole nitrogens is 1. The number of nitrogens with one attached hydrogen (secondary N) is 1. The van der Waals surface area contributed by atoms with Crippen LogP contribution in [-0.4, -0.2) is 20.9 Å². The van der Waals surface area contributed by atoms with E-state index in [2.05, 4.69) is 9.97 Å². The van der Waals surface area contributed by atoms with Crippen molar-refractivity contribution in [3.05, 3.63) is 69.3 Å². The molecule has 1 heterocycles. The number of aryl methyl sites for hydroxylation is 2. The summed E-state index contributed by atoms with van der Waals surface area (Å²) < 4.78 is 0. The number of hydrogen-bond donors (Lipinski definition) is 1. The van der Waals surface area contributed by atoms with Gasteiger partial charge in [0, 0.05) is 10.6 Å². The largest absolute Gasteiger partial charge is 0.323 e. The van der Waals surface area contributed by atoms with Gasteiger partial charge in [0.2, 0.25) is 0 Å². The van der Waals surface area contributed by atoms with Crippen molar-refractivity contribution in [2.24, 2.45) is 0 Å². The lowest BCUT2D eigenvalue weighted by atomic mass is 10.1. The maximum absolute atomic E-state index is 12.4. The number of imidazole rings is 1. The molecule has 7 heteroatoms. The fraction of sp³-hybridized carbons (Fsp3) is 0.125. The highest BCUT2D eigenvalue weighted by Gasteiger charge is 2.31. The molecule has 1 aromatic heterocycles. The molecule has 1 N–H and O–H groups in total. The minimum Gasteiger partial charge on any atom is -0.319 e. The van der Waals surface area contributed by atoms with Crippen LogP contribution in [0, 0.1) is 24.0 Å². The molecule has 0 aliphatic carbocycles. The molecule has 1 amide bonds. The van der Waals surface area contributed by atoms with Crippen LogP contribution in [-0.2, 0) is 0 Å². The first-order chi connectivity index (χ1) is 11.0. The van der Waals surface area contributed by atoms with Gasteiger partial charge in [0.05, 0.1) is 11.0 Å². The molecule has 0 bridgehead atoms. The molecular weight excluding hydrogens is 296 g/mol. The van der Waals surface area contributed by atoms with Crippen molar-refractivity contribution < 1.29 is 9.83 Å². The molecule has 0 fully saturated rings. The normalized spacial score (nSPS) is 10.7. The van der Waals surface area contributed by atoms with Gasteiger partial charge in [-0.05, 0) is 49.2 Å². The first-order valence-corrected chi connectivity index (χ1v) is 6.98. The predicted octanol–water partition coefficient (Wildman–Crippen LogP) is 3.02. The Morgan fingerprint density at radius 1 is 1.17 bits per heavy atom. The fourth-order valence-electron chi connectivity index (χ4n) is 2.31. The van der Waals surface area contributed by atoms with Crippen molar-refractivity contribution in [2.45, 2.75) is 13.8 Å². The van der Waals surface area contributed by atoms with E-state index in [9.17, 15) is 14.9 Å². The standard InChI is InChI=1S/C16H14N4O3/c1-10-8-13-14(9-11(10)2)18-16(17-13)19(20(22)23)15(21)12-6-4-3-5-7-12/h3-9H,1-2H3,(H,17,18). The Hall–Kier alpha value is -3.22. The first-order valence-electron chi connectivity index (χ1n) is 6.98. The van der Waals surface area contributed by atoms with E-state index in [0.29, 0.717) is 16.0 Å². The van der Waals surface area contributed by atoms with E-state index in [4.69, 9.17) is 0 Å². The van der Waals surface area contributed by atoms with Crippen LogP contribution in [0.4, 0.5) is 5.95 Å². The van der Waals surface area contributed by atoms with E-state index in [1.807, 2.05) is 26.0 Å². The number of amides is 1. The minimum absolute atomic E-state index is 0.108. The Bertz CT molecular complexity index is 863. The van der Waals surface area contributed by atoms with Crippen molar-refractivity contribution >= 4 is 22.9 Å². The average Bonchev–Trinajstić information content (AvgIpc) is 2.90. The summed E-state index contributed by atoms with van der Waals surface area (Å²) in [5.74, 6) is -0.855. The Morgan fingerprint density at radius 3 is 2.48 bits per heavy atom. The summed E-state index contributed by atoms with van der Waals surface area (Å²) >= 11 is 0. The van der Waals surface area contributed by atoms with Gasteiger partial charge in [0.25, 0.3) is 5.95 Å². The third-order valence-electron chi connectivity index (χ3n) is 3.66. The molecule has 0 saturated heterocycles. The second kappa shape index (κ2) is 5.53. The summed E-state index contributed by atoms with van der Waals surface area (Å²) in [4.78, 5) is 30.8. The van der Waals surface area contributed by atoms with Gasteiger partial charge in [0.15, 0.2) is 5.03 Å². The van der Waals surface area contributed by atoms with E-state index in [1.165, 1.54) is 12.1 Å². The van der Waals surface area contributed by atoms with Gasteiger partial charge in [0.1, 0.15) is 0 Å². The predicted molar refractivity (Wildman–Crippen MR) is 85.8 cm³/mol. The van der Waals surface area contributed by atoms with E-state index >= 15 is 0 Å². The van der Waals surface area contributed by atoms with Gasteiger partial charge >= 0.3 is 5.91 Å². The zero-order valence-electron chi connectivity index (χ0n) is 12.6. The number of aromatic nitrogens is 2. The quantitative estimate of drug-likeness (QED) is 0.594. The number of hydrogen-bond acceptors (Lipinski definition) is 4. The van der Waals surface area contributed by atoms with Crippen molar-refractivity contribution in [1.29, 1.82) is 0 Å². The maximum Gasteiger partial charge on any atom is 0.323 e. The van der Waals surface area contributed by atoms with Gasteiger partial charge in [-0.3, -0.25) is 4.79 Å². The molecule has 0 spiro atoms. The highest BCUT2D eigenvalue weighted by Crippen LogP contribution is 2.22. The number of hydrazine groups is 1. The summed E-state index contributed by atoms with van der Waals surface area (Å²) in [7, 11) is 0. The Labute approximate surface area is 131 Å². The van der Waals surface area contributed by atoms with Crippen LogP contribution < -0.4 is 5.01 Å². The van der Waals surface area contributed by atoms with Crippen LogP contribution in [0.1, 0.15) is 21.5 Å². The Balaban J connectivity index is 2.08. The van der Waals surface area contributed by atoms with E-state index in [1.54, 1.807) is 18.2 Å². The van der Waals surface area contributed by atoms with Crippen molar-refractivity contribution in [3.8, 4) is 0 Å². The third kappa shape index (κ3) is 2.64. The number of nitrogens with zero attached hydrogens (tertiary/aromatic N) is 3. The van der Waals surface area contributed by atoms with Gasteiger partial charge in [-0.25, -0.2) is 15.1 Å². The average molecular weight is 310 g/mol. The first kappa shape index (κ1) is 14.7. The lowest BCUT2D eigenvalue weighted by Gasteiger charge is -2.08. The number of anilines is 1. The monoisotopic (exact) mass is 310 g/mol. The van der Waals surface area contributed by atoms with Gasteiger partial charge in [-0.15, -0.1) is 0 Å². The van der Waals surface area contributed by atoms with E-state index in [-0.39, 0.29) is 11.5 Å². The molecule has 0 aliphatic rings. The van der Waals surface area contributed by atoms with Crippen LogP contribution in [0.25, 0.3) is 11.0 Å². The molecule has 0 radical (unpaired) electrons. The molecule has 3 aromatic rings. The molecular formula is C16H14N4O3. The zero-order valence-corrected chi connectivity index (χ0v) is 12.6. The minimum atomic E-state index is -0.771. The molecule has 7 nitrogen and oxygen atoms in total. The fourth-order valence-corrected chi connectivity index (χ4v) is 2.31. The highest BCUT2D eigenvalue weighted by molar-refractivity contribution is 6.04. The van der Waals surface area contributed by atoms with Gasteiger partial charge in [-0.2, -0.15) is 0 Å². The topological polar surface area (TPSA) is 92.1 Å². The van der Waals surface area contributed by atoms with Gasteiger partial charge in [-0.1, -0.05) is 18.2 Å². The zero-order chi connectivity index (χ0) is 16.6. The number of rotatable bonds is 3. The molecule has 116 valence electrons. The molecule has 3 rings (SSSR count). The number of aromatic amines is 1. The smallest absolute Gasteiger partial charge is 0.319 e. The molecule has 0 aliphatic heterocycles. The van der Waals surface area contributed by atoms with Crippen LogP contribution in [0.5, 0.6) is 0 Å². The summed E-state index contributed by atoms with van der Waals surface area (Å²) in [5.41, 5.74) is 3.51. The Kier molecular flexibility index (Phi) is 3.53. The number of carbonyl (C=O) groups is 1. The summed E-state index contributed by atoms with van der Waals surface area (Å²) in [5, 5.41) is 11.0. The maximum atomic E-state index is 12.4. The van der Waals surface area contributed by atoms with E-state index in [0.717, 1.165) is 11.1 Å². The van der Waals surface area contributed by atoms with E-state index < -0.39 is 10.9 Å². The lowest BCUT2D eigenvalue weighted by molar-refractivity contribution is -0.482. The second-order valence-electron chi connectivity index (χ2n) is 5.23. The van der Waals surface area contributed by atoms with Crippen LogP contribution in [0.15, 0.2) is 42.5 Å². The SMILES string of the molecule is Cc1cc2nc(N(C(=O)c3ccccc3)[N+](=O)[O-])[nH]c2cc1C. The summed E-state index contributed by atoms with van der Waals surface area (Å²) in [6.45, 7) is 3.87. The molecule has 2 aromatic carbocycles. The Morgan fingerprint density at radius 2 is 1.83 bits per heavy atom.